The second-order valence-corrected chi connectivity index (χ2v) is 5.22. The van der Waals surface area contributed by atoms with Crippen molar-refractivity contribution < 1.29 is 9.90 Å². The molecule has 0 aromatic carbocycles. The number of rotatable bonds is 3. The molecule has 0 saturated heterocycles. The van der Waals surface area contributed by atoms with Crippen molar-refractivity contribution in [1.29, 1.82) is 0 Å². The van der Waals surface area contributed by atoms with Crippen LogP contribution in [0, 0.1) is 10.8 Å². The Morgan fingerprint density at radius 2 is 1.80 bits per heavy atom. The molecule has 0 aliphatic heterocycles. The van der Waals surface area contributed by atoms with Gasteiger partial charge >= 0.3 is 5.97 Å². The van der Waals surface area contributed by atoms with Crippen molar-refractivity contribution in [2.75, 3.05) is 0 Å². The van der Waals surface area contributed by atoms with Gasteiger partial charge < -0.3 is 5.11 Å². The fourth-order valence-electron chi connectivity index (χ4n) is 2.08. The number of hydrogen-bond donors (Lipinski definition) is 1. The summed E-state index contributed by atoms with van der Waals surface area (Å²) in [7, 11) is 0. The third-order valence-electron chi connectivity index (χ3n) is 3.47. The van der Waals surface area contributed by atoms with E-state index in [9.17, 15) is 9.90 Å². The van der Waals surface area contributed by atoms with Crippen molar-refractivity contribution in [2.45, 2.75) is 39.5 Å². The van der Waals surface area contributed by atoms with E-state index in [1.54, 1.807) is 18.2 Å². The highest BCUT2D eigenvalue weighted by molar-refractivity contribution is 5.77. The summed E-state index contributed by atoms with van der Waals surface area (Å²) in [6.07, 6.45) is 8.62. The zero-order valence-electron chi connectivity index (χ0n) is 9.62. The van der Waals surface area contributed by atoms with Crippen LogP contribution in [0.15, 0.2) is 24.8 Å². The monoisotopic (exact) mass is 208 g/mol. The summed E-state index contributed by atoms with van der Waals surface area (Å²) in [6.45, 7) is 7.99. The Labute approximate surface area is 91.7 Å². The van der Waals surface area contributed by atoms with Crippen LogP contribution in [0.1, 0.15) is 39.5 Å². The van der Waals surface area contributed by atoms with E-state index in [1.807, 2.05) is 0 Å². The largest absolute Gasteiger partial charge is 0.481 e. The maximum atomic E-state index is 11.3. The summed E-state index contributed by atoms with van der Waals surface area (Å²) < 4.78 is 0. The summed E-state index contributed by atoms with van der Waals surface area (Å²) >= 11 is 0. The molecule has 2 nitrogen and oxygen atoms in total. The van der Waals surface area contributed by atoms with Gasteiger partial charge in [-0.1, -0.05) is 38.7 Å². The van der Waals surface area contributed by atoms with Crippen LogP contribution in [0.3, 0.4) is 0 Å². The van der Waals surface area contributed by atoms with Gasteiger partial charge in [0.1, 0.15) is 0 Å². The van der Waals surface area contributed by atoms with Gasteiger partial charge in [0.15, 0.2) is 0 Å². The number of carboxylic acids is 1. The lowest BCUT2D eigenvalue weighted by molar-refractivity contribution is -0.148. The number of allylic oxidation sites excluding steroid dienone is 2. The minimum Gasteiger partial charge on any atom is -0.481 e. The molecule has 0 aromatic heterocycles. The van der Waals surface area contributed by atoms with Crippen LogP contribution in [-0.2, 0) is 4.79 Å². The Kier molecular flexibility index (Phi) is 3.38. The average molecular weight is 208 g/mol. The fraction of sp³-hybridized carbons (Fsp3) is 0.615. The lowest BCUT2D eigenvalue weighted by Crippen LogP contribution is -2.36. The van der Waals surface area contributed by atoms with E-state index < -0.39 is 11.4 Å². The summed E-state index contributed by atoms with van der Waals surface area (Å²) in [4.78, 5) is 11.3. The highest BCUT2D eigenvalue weighted by atomic mass is 16.4. The Balaban J connectivity index is 2.82. The van der Waals surface area contributed by atoms with Crippen LogP contribution >= 0.6 is 0 Å². The van der Waals surface area contributed by atoms with Gasteiger partial charge in [-0.3, -0.25) is 4.79 Å². The third kappa shape index (κ3) is 2.71. The molecule has 1 N–H and O–H groups in total. The predicted octanol–water partition coefficient (Wildman–Crippen LogP) is 3.40. The van der Waals surface area contributed by atoms with Crippen LogP contribution < -0.4 is 0 Å². The van der Waals surface area contributed by atoms with Gasteiger partial charge in [0.25, 0.3) is 0 Å². The van der Waals surface area contributed by atoms with Crippen LogP contribution in [-0.4, -0.2) is 11.1 Å². The van der Waals surface area contributed by atoms with E-state index in [-0.39, 0.29) is 0 Å². The van der Waals surface area contributed by atoms with Crippen molar-refractivity contribution in [3.8, 4) is 0 Å². The number of carbonyl (C=O) groups is 1. The van der Waals surface area contributed by atoms with Crippen molar-refractivity contribution in [1.82, 2.24) is 0 Å². The number of carboxylic acid groups (broad SMARTS) is 1. The molecular weight excluding hydrogens is 188 g/mol. The molecule has 0 spiro atoms. The van der Waals surface area contributed by atoms with Gasteiger partial charge in [-0.05, 0) is 31.1 Å². The van der Waals surface area contributed by atoms with Gasteiger partial charge in [0, 0.05) is 0 Å². The van der Waals surface area contributed by atoms with Crippen molar-refractivity contribution in [3.05, 3.63) is 24.8 Å². The first-order chi connectivity index (χ1) is 6.92. The van der Waals surface area contributed by atoms with Gasteiger partial charge in [0.2, 0.25) is 0 Å². The normalized spacial score (nSPS) is 23.9. The van der Waals surface area contributed by atoms with E-state index in [0.717, 1.165) is 25.7 Å². The fourth-order valence-corrected chi connectivity index (χ4v) is 2.08. The molecule has 84 valence electrons. The molecule has 0 radical (unpaired) electrons. The molecule has 1 fully saturated rings. The quantitative estimate of drug-likeness (QED) is 0.722. The molecule has 0 atom stereocenters. The number of hydrogen-bond acceptors (Lipinski definition) is 1. The minimum atomic E-state index is -0.698. The second kappa shape index (κ2) is 4.21. The Morgan fingerprint density at radius 1 is 1.27 bits per heavy atom. The first-order valence-electron chi connectivity index (χ1n) is 5.46. The van der Waals surface area contributed by atoms with Crippen molar-refractivity contribution >= 4 is 5.97 Å². The molecule has 0 heterocycles. The van der Waals surface area contributed by atoms with Crippen LogP contribution in [0.4, 0.5) is 0 Å². The Morgan fingerprint density at radius 3 is 2.20 bits per heavy atom. The van der Waals surface area contributed by atoms with Crippen LogP contribution in [0.2, 0.25) is 0 Å². The lowest BCUT2D eigenvalue weighted by atomic mass is 9.65. The third-order valence-corrected chi connectivity index (χ3v) is 3.47. The molecule has 1 saturated carbocycles. The second-order valence-electron chi connectivity index (χ2n) is 5.22. The topological polar surface area (TPSA) is 37.3 Å². The molecule has 0 bridgehead atoms. The van der Waals surface area contributed by atoms with Crippen LogP contribution in [0.25, 0.3) is 0 Å². The summed E-state index contributed by atoms with van der Waals surface area (Å²) in [5.41, 5.74) is -0.356. The molecule has 1 aliphatic carbocycles. The van der Waals surface area contributed by atoms with E-state index >= 15 is 0 Å². The minimum absolute atomic E-state index is 0.293. The smallest absolute Gasteiger partial charge is 0.313 e. The summed E-state index contributed by atoms with van der Waals surface area (Å²) in [5.74, 6) is -0.698. The first-order valence-corrected chi connectivity index (χ1v) is 5.46. The van der Waals surface area contributed by atoms with E-state index in [4.69, 9.17) is 0 Å². The summed E-state index contributed by atoms with van der Waals surface area (Å²) in [6, 6.07) is 0. The molecule has 0 unspecified atom stereocenters. The van der Waals surface area contributed by atoms with Gasteiger partial charge in [0.05, 0.1) is 5.41 Å². The van der Waals surface area contributed by atoms with Gasteiger partial charge in [-0.25, -0.2) is 0 Å². The molecular formula is C13H20O2. The summed E-state index contributed by atoms with van der Waals surface area (Å²) in [5, 5.41) is 9.30. The highest BCUT2D eigenvalue weighted by Gasteiger charge is 2.41. The van der Waals surface area contributed by atoms with Gasteiger partial charge in [-0.2, -0.15) is 0 Å². The molecule has 0 amide bonds. The Bertz CT molecular complexity index is 277. The lowest BCUT2D eigenvalue weighted by Gasteiger charge is -2.39. The van der Waals surface area contributed by atoms with E-state index in [0.29, 0.717) is 5.41 Å². The maximum Gasteiger partial charge on any atom is 0.313 e. The molecule has 2 heteroatoms. The molecule has 0 aromatic rings. The van der Waals surface area contributed by atoms with Gasteiger partial charge in [-0.15, -0.1) is 0 Å². The molecule has 1 aliphatic rings. The standard InChI is InChI=1S/C13H20O2/c1-4-5-6-13(11(14)15)9-7-12(2,3)8-10-13/h4-6H,1,7-10H2,2-3H3,(H,14,15)/b6-5+. The van der Waals surface area contributed by atoms with E-state index in [2.05, 4.69) is 20.4 Å². The predicted molar refractivity (Wildman–Crippen MR) is 61.7 cm³/mol. The Hall–Kier alpha value is -1.05. The van der Waals surface area contributed by atoms with Crippen molar-refractivity contribution in [2.24, 2.45) is 10.8 Å². The zero-order valence-corrected chi connectivity index (χ0v) is 9.62. The zero-order chi connectivity index (χ0) is 11.5. The maximum absolute atomic E-state index is 11.3. The molecule has 15 heavy (non-hydrogen) atoms. The highest BCUT2D eigenvalue weighted by Crippen LogP contribution is 2.46. The molecule has 1 rings (SSSR count). The van der Waals surface area contributed by atoms with Crippen LogP contribution in [0.5, 0.6) is 0 Å². The van der Waals surface area contributed by atoms with E-state index in [1.165, 1.54) is 0 Å². The number of aliphatic carboxylic acids is 1. The van der Waals surface area contributed by atoms with Crippen molar-refractivity contribution in [3.63, 3.8) is 0 Å². The SMILES string of the molecule is C=C/C=C/C1(C(=O)O)CCC(C)(C)CC1. The first kappa shape index (κ1) is 12.0. The average Bonchev–Trinajstić information content (AvgIpc) is 2.16.